The number of nitrogens with one attached hydrogen (secondary N) is 1. The number of benzene rings is 2. The average molecular weight is 438 g/mol. The molecule has 0 spiro atoms. The van der Waals surface area contributed by atoms with Crippen molar-refractivity contribution in [3.05, 3.63) is 57.7 Å². The van der Waals surface area contributed by atoms with Crippen molar-refractivity contribution in [3.63, 3.8) is 0 Å². The summed E-state index contributed by atoms with van der Waals surface area (Å²) in [5.41, 5.74) is 2.93. The molecule has 0 aliphatic heterocycles. The van der Waals surface area contributed by atoms with Crippen molar-refractivity contribution < 1.29 is 19.1 Å². The molecule has 1 N–H and O–H groups in total. The molecule has 0 radical (unpaired) electrons. The van der Waals surface area contributed by atoms with Crippen molar-refractivity contribution >= 4 is 40.7 Å². The van der Waals surface area contributed by atoms with Crippen LogP contribution in [0.2, 0.25) is 0 Å². The highest BCUT2D eigenvalue weighted by Gasteiger charge is 2.04. The molecule has 0 heterocycles. The number of amides is 1. The number of ether oxygens (including phenoxy) is 2. The average Bonchev–Trinajstić information content (AvgIpc) is 2.55. The van der Waals surface area contributed by atoms with Gasteiger partial charge in [-0.1, -0.05) is 12.1 Å². The quantitative estimate of drug-likeness (QED) is 0.248. The van der Waals surface area contributed by atoms with Crippen LogP contribution in [0.25, 0.3) is 0 Å². The Balaban J connectivity index is 1.86. The third-order valence-electron chi connectivity index (χ3n) is 2.75. The van der Waals surface area contributed by atoms with Crippen molar-refractivity contribution in [1.29, 1.82) is 0 Å². The second-order valence-electron chi connectivity index (χ2n) is 4.67. The predicted molar refractivity (Wildman–Crippen MR) is 98.1 cm³/mol. The Bertz CT molecular complexity index is 745. The van der Waals surface area contributed by atoms with Crippen molar-refractivity contribution in [2.45, 2.75) is 6.92 Å². The molecule has 0 aliphatic carbocycles. The van der Waals surface area contributed by atoms with E-state index in [-0.39, 0.29) is 6.61 Å². The number of esters is 1. The molecule has 0 saturated heterocycles. The minimum Gasteiger partial charge on any atom is -0.484 e. The van der Waals surface area contributed by atoms with Gasteiger partial charge in [-0.15, -0.1) is 0 Å². The first kappa shape index (κ1) is 17.9. The molecule has 0 saturated carbocycles. The van der Waals surface area contributed by atoms with Crippen LogP contribution < -0.4 is 14.9 Å². The number of carbonyl (C=O) groups is 2. The first-order valence-electron chi connectivity index (χ1n) is 7.02. The van der Waals surface area contributed by atoms with Crippen LogP contribution in [-0.4, -0.2) is 24.7 Å². The van der Waals surface area contributed by atoms with E-state index < -0.39 is 11.9 Å². The molecule has 0 fully saturated rings. The lowest BCUT2D eigenvalue weighted by Gasteiger charge is -2.06. The van der Waals surface area contributed by atoms with E-state index in [0.717, 1.165) is 3.57 Å². The molecule has 0 unspecified atom stereocenters. The topological polar surface area (TPSA) is 77.0 Å². The van der Waals surface area contributed by atoms with E-state index in [9.17, 15) is 9.59 Å². The highest BCUT2D eigenvalue weighted by atomic mass is 127. The van der Waals surface area contributed by atoms with Gasteiger partial charge in [0.1, 0.15) is 11.5 Å². The highest BCUT2D eigenvalue weighted by molar-refractivity contribution is 14.1. The fourth-order valence-electron chi connectivity index (χ4n) is 1.72. The number of halogens is 1. The van der Waals surface area contributed by atoms with Crippen LogP contribution in [0.5, 0.6) is 11.5 Å². The van der Waals surface area contributed by atoms with Crippen LogP contribution in [0.1, 0.15) is 12.5 Å². The Morgan fingerprint density at radius 2 is 1.88 bits per heavy atom. The molecule has 0 aliphatic rings. The molecule has 0 atom stereocenters. The van der Waals surface area contributed by atoms with Gasteiger partial charge in [-0.2, -0.15) is 5.10 Å². The largest absolute Gasteiger partial charge is 0.484 e. The molecule has 24 heavy (non-hydrogen) atoms. The number of hydrazone groups is 1. The lowest BCUT2D eigenvalue weighted by Crippen LogP contribution is -2.24. The SMILES string of the molecule is CC(=O)Oc1ccccc1C=NNC(=O)COc1ccc(I)cc1. The lowest BCUT2D eigenvalue weighted by molar-refractivity contribution is -0.132. The van der Waals surface area contributed by atoms with Gasteiger partial charge in [-0.25, -0.2) is 5.43 Å². The molecule has 6 nitrogen and oxygen atoms in total. The van der Waals surface area contributed by atoms with E-state index in [1.807, 2.05) is 12.1 Å². The van der Waals surface area contributed by atoms with E-state index in [1.165, 1.54) is 13.1 Å². The van der Waals surface area contributed by atoms with Crippen molar-refractivity contribution in [1.82, 2.24) is 5.43 Å². The van der Waals surface area contributed by atoms with Crippen molar-refractivity contribution in [2.24, 2.45) is 5.10 Å². The Kier molecular flexibility index (Phi) is 6.74. The minimum absolute atomic E-state index is 0.149. The first-order chi connectivity index (χ1) is 11.5. The van der Waals surface area contributed by atoms with Gasteiger partial charge in [0.05, 0.1) is 6.21 Å². The van der Waals surface area contributed by atoms with Gasteiger partial charge in [0.15, 0.2) is 6.61 Å². The number of hydrogen-bond acceptors (Lipinski definition) is 5. The molecule has 2 aromatic carbocycles. The molecular weight excluding hydrogens is 423 g/mol. The molecule has 124 valence electrons. The zero-order chi connectivity index (χ0) is 17.4. The van der Waals surface area contributed by atoms with Crippen LogP contribution in [0.4, 0.5) is 0 Å². The van der Waals surface area contributed by atoms with Gasteiger partial charge in [0.2, 0.25) is 0 Å². The summed E-state index contributed by atoms with van der Waals surface area (Å²) in [4.78, 5) is 22.7. The Morgan fingerprint density at radius 1 is 1.17 bits per heavy atom. The Morgan fingerprint density at radius 3 is 2.58 bits per heavy atom. The normalized spacial score (nSPS) is 10.4. The standard InChI is InChI=1S/C17H15IN2O4/c1-12(21)24-16-5-3-2-4-13(16)10-19-20-17(22)11-23-15-8-6-14(18)7-9-15/h2-10H,11H2,1H3,(H,20,22). The fraction of sp³-hybridized carbons (Fsp3) is 0.118. The van der Waals surface area contributed by atoms with E-state index in [1.54, 1.807) is 36.4 Å². The van der Waals surface area contributed by atoms with Crippen LogP contribution in [-0.2, 0) is 9.59 Å². The number of hydrogen-bond donors (Lipinski definition) is 1. The second-order valence-corrected chi connectivity index (χ2v) is 5.91. The summed E-state index contributed by atoms with van der Waals surface area (Å²) in [7, 11) is 0. The number of rotatable bonds is 6. The van der Waals surface area contributed by atoms with E-state index in [4.69, 9.17) is 9.47 Å². The maximum absolute atomic E-state index is 11.7. The molecule has 0 bridgehead atoms. The third kappa shape index (κ3) is 5.99. The lowest BCUT2D eigenvalue weighted by atomic mass is 10.2. The first-order valence-corrected chi connectivity index (χ1v) is 8.10. The van der Waals surface area contributed by atoms with Crippen LogP contribution in [0, 0.1) is 3.57 Å². The fourth-order valence-corrected chi connectivity index (χ4v) is 2.08. The van der Waals surface area contributed by atoms with E-state index in [2.05, 4.69) is 33.1 Å². The van der Waals surface area contributed by atoms with E-state index >= 15 is 0 Å². The maximum Gasteiger partial charge on any atom is 0.308 e. The number of carbonyl (C=O) groups excluding carboxylic acids is 2. The van der Waals surface area contributed by atoms with Crippen LogP contribution in [0.3, 0.4) is 0 Å². The summed E-state index contributed by atoms with van der Waals surface area (Å²) < 4.78 is 11.5. The minimum atomic E-state index is -0.425. The van der Waals surface area contributed by atoms with E-state index in [0.29, 0.717) is 17.1 Å². The predicted octanol–water partition coefficient (Wildman–Crippen LogP) is 2.75. The van der Waals surface area contributed by atoms with Crippen molar-refractivity contribution in [2.75, 3.05) is 6.61 Å². The van der Waals surface area contributed by atoms with Gasteiger partial charge in [0, 0.05) is 16.1 Å². The molecule has 2 rings (SSSR count). The van der Waals surface area contributed by atoms with Gasteiger partial charge in [-0.05, 0) is 59.0 Å². The maximum atomic E-state index is 11.7. The van der Waals surface area contributed by atoms with Gasteiger partial charge in [-0.3, -0.25) is 9.59 Å². The molecule has 7 heteroatoms. The summed E-state index contributed by atoms with van der Waals surface area (Å²) in [5.74, 6) is 0.161. The monoisotopic (exact) mass is 438 g/mol. The zero-order valence-corrected chi connectivity index (χ0v) is 15.0. The Labute approximate surface area is 153 Å². The zero-order valence-electron chi connectivity index (χ0n) is 12.9. The van der Waals surface area contributed by atoms with Gasteiger partial charge >= 0.3 is 5.97 Å². The molecule has 1 amide bonds. The smallest absolute Gasteiger partial charge is 0.308 e. The van der Waals surface area contributed by atoms with Crippen LogP contribution >= 0.6 is 22.6 Å². The number of nitrogens with zero attached hydrogens (tertiary/aromatic N) is 1. The molecule has 0 aromatic heterocycles. The molecular formula is C17H15IN2O4. The summed E-state index contributed by atoms with van der Waals surface area (Å²) >= 11 is 2.19. The second kappa shape index (κ2) is 9.02. The van der Waals surface area contributed by atoms with Crippen molar-refractivity contribution in [3.8, 4) is 11.5 Å². The summed E-state index contributed by atoms with van der Waals surface area (Å²) in [6.07, 6.45) is 1.40. The van der Waals surface area contributed by atoms with Gasteiger partial charge in [0.25, 0.3) is 5.91 Å². The van der Waals surface area contributed by atoms with Crippen LogP contribution in [0.15, 0.2) is 53.6 Å². The third-order valence-corrected chi connectivity index (χ3v) is 3.47. The van der Waals surface area contributed by atoms with Gasteiger partial charge < -0.3 is 9.47 Å². The highest BCUT2D eigenvalue weighted by Crippen LogP contribution is 2.16. The molecule has 2 aromatic rings. The summed E-state index contributed by atoms with van der Waals surface area (Å²) in [6.45, 7) is 1.17. The summed E-state index contributed by atoms with van der Waals surface area (Å²) in [5, 5.41) is 3.84. The summed E-state index contributed by atoms with van der Waals surface area (Å²) in [6, 6.07) is 14.2. The Hall–Kier alpha value is -2.42. The number of para-hydroxylation sites is 1.